The van der Waals surface area contributed by atoms with Crippen molar-refractivity contribution in [2.24, 2.45) is 0 Å². The Bertz CT molecular complexity index is 400. The summed E-state index contributed by atoms with van der Waals surface area (Å²) >= 11 is 5.61. The van der Waals surface area contributed by atoms with Gasteiger partial charge in [0, 0.05) is 12.2 Å². The van der Waals surface area contributed by atoms with E-state index in [-0.39, 0.29) is 11.6 Å². The predicted octanol–water partition coefficient (Wildman–Crippen LogP) is 2.00. The number of benzene rings is 1. The summed E-state index contributed by atoms with van der Waals surface area (Å²) in [5, 5.41) is 20.1. The Morgan fingerprint density at radius 2 is 2.06 bits per heavy atom. The zero-order valence-corrected chi connectivity index (χ0v) is 9.79. The average Bonchev–Trinajstić information content (AvgIpc) is 2.27. The van der Waals surface area contributed by atoms with Gasteiger partial charge in [-0.3, -0.25) is 0 Å². The fourth-order valence-corrected chi connectivity index (χ4v) is 1.34. The number of halogens is 4. The molecule has 1 atom stereocenters. The maximum absolute atomic E-state index is 12.0. The standard InChI is InChI=1S/C10H11ClF3NO3/c11-8-3-6(15-4-7(17)5-16)1-2-9(8)18-10(12,13)14/h1-3,7,15-17H,4-5H2. The van der Waals surface area contributed by atoms with Crippen molar-refractivity contribution >= 4 is 17.3 Å². The van der Waals surface area contributed by atoms with Gasteiger partial charge in [-0.25, -0.2) is 0 Å². The molecule has 0 radical (unpaired) electrons. The summed E-state index contributed by atoms with van der Waals surface area (Å²) < 4.78 is 39.6. The molecule has 0 heterocycles. The van der Waals surface area contributed by atoms with Gasteiger partial charge >= 0.3 is 6.36 Å². The Kier molecular flexibility index (Phi) is 5.06. The highest BCUT2D eigenvalue weighted by Gasteiger charge is 2.32. The van der Waals surface area contributed by atoms with E-state index in [2.05, 4.69) is 10.1 Å². The van der Waals surface area contributed by atoms with Crippen LogP contribution in [0.2, 0.25) is 5.02 Å². The SMILES string of the molecule is OCC(O)CNc1ccc(OC(F)(F)F)c(Cl)c1. The van der Waals surface area contributed by atoms with E-state index in [1.807, 2.05) is 0 Å². The van der Waals surface area contributed by atoms with Crippen LogP contribution >= 0.6 is 11.6 Å². The van der Waals surface area contributed by atoms with Crippen LogP contribution in [-0.4, -0.2) is 35.8 Å². The summed E-state index contributed by atoms with van der Waals surface area (Å²) in [4.78, 5) is 0. The molecule has 3 N–H and O–H groups in total. The third-order valence-electron chi connectivity index (χ3n) is 1.91. The first-order valence-corrected chi connectivity index (χ1v) is 5.27. The average molecular weight is 286 g/mol. The quantitative estimate of drug-likeness (QED) is 0.774. The molecule has 1 unspecified atom stereocenters. The molecular formula is C10H11ClF3NO3. The molecule has 1 aromatic rings. The number of hydrogen-bond donors (Lipinski definition) is 3. The molecule has 0 bridgehead atoms. The number of nitrogens with one attached hydrogen (secondary N) is 1. The molecule has 18 heavy (non-hydrogen) atoms. The van der Waals surface area contributed by atoms with Crippen LogP contribution in [0.1, 0.15) is 0 Å². The van der Waals surface area contributed by atoms with Gasteiger partial charge in [-0.2, -0.15) is 0 Å². The molecule has 1 aromatic carbocycles. The molecule has 4 nitrogen and oxygen atoms in total. The topological polar surface area (TPSA) is 61.7 Å². The molecule has 0 spiro atoms. The minimum absolute atomic E-state index is 0.0479. The van der Waals surface area contributed by atoms with E-state index in [1.54, 1.807) is 0 Å². The molecule has 0 aliphatic heterocycles. The molecule has 0 aromatic heterocycles. The molecule has 1 rings (SSSR count). The number of aliphatic hydroxyl groups is 2. The van der Waals surface area contributed by atoms with Gasteiger partial charge in [-0.1, -0.05) is 11.6 Å². The molecule has 0 fully saturated rings. The number of rotatable bonds is 5. The van der Waals surface area contributed by atoms with E-state index in [0.29, 0.717) is 5.69 Å². The van der Waals surface area contributed by atoms with Crippen molar-refractivity contribution in [2.75, 3.05) is 18.5 Å². The van der Waals surface area contributed by atoms with Crippen LogP contribution in [0, 0.1) is 0 Å². The van der Waals surface area contributed by atoms with Gasteiger partial charge in [0.05, 0.1) is 17.7 Å². The van der Waals surface area contributed by atoms with Crippen molar-refractivity contribution in [1.29, 1.82) is 0 Å². The molecule has 0 amide bonds. The van der Waals surface area contributed by atoms with Gasteiger partial charge in [0.1, 0.15) is 5.75 Å². The fraction of sp³-hybridized carbons (Fsp3) is 0.400. The molecule has 0 saturated carbocycles. The highest BCUT2D eigenvalue weighted by atomic mass is 35.5. The van der Waals surface area contributed by atoms with E-state index >= 15 is 0 Å². The smallest absolute Gasteiger partial charge is 0.404 e. The van der Waals surface area contributed by atoms with Crippen molar-refractivity contribution in [3.05, 3.63) is 23.2 Å². The molecule has 0 saturated heterocycles. The third kappa shape index (κ3) is 4.99. The lowest BCUT2D eigenvalue weighted by atomic mass is 10.3. The zero-order chi connectivity index (χ0) is 13.8. The molecule has 8 heteroatoms. The van der Waals surface area contributed by atoms with Crippen LogP contribution in [0.15, 0.2) is 18.2 Å². The van der Waals surface area contributed by atoms with Crippen LogP contribution in [0.4, 0.5) is 18.9 Å². The summed E-state index contributed by atoms with van der Waals surface area (Å²) in [6.07, 6.45) is -5.76. The minimum atomic E-state index is -4.80. The Morgan fingerprint density at radius 1 is 1.39 bits per heavy atom. The van der Waals surface area contributed by atoms with Gasteiger partial charge in [0.25, 0.3) is 0 Å². The monoisotopic (exact) mass is 285 g/mol. The largest absolute Gasteiger partial charge is 0.573 e. The normalized spacial score (nSPS) is 13.2. The van der Waals surface area contributed by atoms with Gasteiger partial charge in [0.2, 0.25) is 0 Å². The summed E-state index contributed by atoms with van der Waals surface area (Å²) in [5.41, 5.74) is 0.405. The second kappa shape index (κ2) is 6.12. The summed E-state index contributed by atoms with van der Waals surface area (Å²) in [6, 6.07) is 3.60. The highest BCUT2D eigenvalue weighted by Crippen LogP contribution is 2.32. The first-order valence-electron chi connectivity index (χ1n) is 4.90. The lowest BCUT2D eigenvalue weighted by Gasteiger charge is -2.13. The lowest BCUT2D eigenvalue weighted by Crippen LogP contribution is -2.23. The Morgan fingerprint density at radius 3 is 2.56 bits per heavy atom. The van der Waals surface area contributed by atoms with Crippen molar-refractivity contribution < 1.29 is 28.1 Å². The van der Waals surface area contributed by atoms with Crippen molar-refractivity contribution in [3.8, 4) is 5.75 Å². The van der Waals surface area contributed by atoms with E-state index in [1.165, 1.54) is 12.1 Å². The van der Waals surface area contributed by atoms with Crippen LogP contribution < -0.4 is 10.1 Å². The molecule has 0 aliphatic rings. The van der Waals surface area contributed by atoms with Crippen LogP contribution in [0.3, 0.4) is 0 Å². The summed E-state index contributed by atoms with van der Waals surface area (Å²) in [6.45, 7) is -0.373. The second-order valence-electron chi connectivity index (χ2n) is 3.41. The number of anilines is 1. The van der Waals surface area contributed by atoms with Crippen LogP contribution in [-0.2, 0) is 0 Å². The number of hydrogen-bond acceptors (Lipinski definition) is 4. The predicted molar refractivity (Wildman–Crippen MR) is 59.7 cm³/mol. The van der Waals surface area contributed by atoms with Gasteiger partial charge in [-0.05, 0) is 18.2 Å². The van der Waals surface area contributed by atoms with E-state index in [4.69, 9.17) is 21.8 Å². The fourth-order valence-electron chi connectivity index (χ4n) is 1.12. The molecular weight excluding hydrogens is 275 g/mol. The number of alkyl halides is 3. The lowest BCUT2D eigenvalue weighted by molar-refractivity contribution is -0.274. The van der Waals surface area contributed by atoms with Gasteiger partial charge in [-0.15, -0.1) is 13.2 Å². The van der Waals surface area contributed by atoms with E-state index < -0.39 is 24.8 Å². The Hall–Kier alpha value is -1.18. The molecule has 0 aliphatic carbocycles. The van der Waals surface area contributed by atoms with E-state index in [0.717, 1.165) is 6.07 Å². The minimum Gasteiger partial charge on any atom is -0.404 e. The third-order valence-corrected chi connectivity index (χ3v) is 2.21. The van der Waals surface area contributed by atoms with Crippen LogP contribution in [0.5, 0.6) is 5.75 Å². The van der Waals surface area contributed by atoms with Crippen molar-refractivity contribution in [2.45, 2.75) is 12.5 Å². The van der Waals surface area contributed by atoms with E-state index in [9.17, 15) is 13.2 Å². The first-order chi connectivity index (χ1) is 8.31. The maximum Gasteiger partial charge on any atom is 0.573 e. The summed E-state index contributed by atoms with van der Waals surface area (Å²) in [5.74, 6) is -0.502. The second-order valence-corrected chi connectivity index (χ2v) is 3.82. The van der Waals surface area contributed by atoms with Crippen molar-refractivity contribution in [3.63, 3.8) is 0 Å². The Labute approximate surface area is 106 Å². The molecule has 102 valence electrons. The van der Waals surface area contributed by atoms with Gasteiger partial charge in [0.15, 0.2) is 0 Å². The summed E-state index contributed by atoms with van der Waals surface area (Å²) in [7, 11) is 0. The maximum atomic E-state index is 12.0. The van der Waals surface area contributed by atoms with Gasteiger partial charge < -0.3 is 20.3 Å². The number of ether oxygens (including phenoxy) is 1. The first kappa shape index (κ1) is 14.9. The number of aliphatic hydroxyl groups excluding tert-OH is 2. The Balaban J connectivity index is 2.67. The highest BCUT2D eigenvalue weighted by molar-refractivity contribution is 6.32. The zero-order valence-electron chi connectivity index (χ0n) is 9.04. The van der Waals surface area contributed by atoms with Crippen molar-refractivity contribution in [1.82, 2.24) is 0 Å². The van der Waals surface area contributed by atoms with Crippen LogP contribution in [0.25, 0.3) is 0 Å².